The minimum absolute atomic E-state index is 0.291. The first-order valence-electron chi connectivity index (χ1n) is 4.59. The summed E-state index contributed by atoms with van der Waals surface area (Å²) in [6, 6.07) is 0. The highest BCUT2D eigenvalue weighted by Crippen LogP contribution is 2.20. The summed E-state index contributed by atoms with van der Waals surface area (Å²) in [5, 5.41) is 0. The highest BCUT2D eigenvalue weighted by molar-refractivity contribution is 6.42. The number of hydrogen-bond acceptors (Lipinski definition) is 2. The van der Waals surface area contributed by atoms with Gasteiger partial charge in [-0.25, -0.2) is 0 Å². The molecule has 2 nitrogen and oxygen atoms in total. The van der Waals surface area contributed by atoms with Crippen LogP contribution in [0.4, 0.5) is 0 Å². The molecule has 0 aliphatic heterocycles. The molecule has 1 atom stereocenters. The predicted octanol–water partition coefficient (Wildman–Crippen LogP) is 2.06. The summed E-state index contributed by atoms with van der Waals surface area (Å²) in [4.78, 5) is 22.2. The molecule has 0 spiro atoms. The van der Waals surface area contributed by atoms with E-state index in [1.54, 1.807) is 6.08 Å². The van der Waals surface area contributed by atoms with E-state index in [-0.39, 0.29) is 11.6 Å². The Labute approximate surface area is 78.3 Å². The highest BCUT2D eigenvalue weighted by Gasteiger charge is 2.17. The molecule has 0 amide bonds. The summed E-state index contributed by atoms with van der Waals surface area (Å²) >= 11 is 0. The van der Waals surface area contributed by atoms with Crippen LogP contribution in [0, 0.1) is 5.92 Å². The fourth-order valence-corrected chi connectivity index (χ4v) is 1.28. The number of carbonyl (C=O) groups is 2. The van der Waals surface area contributed by atoms with Gasteiger partial charge in [0.15, 0.2) is 0 Å². The van der Waals surface area contributed by atoms with Crippen molar-refractivity contribution in [3.8, 4) is 0 Å². The third-order valence-electron chi connectivity index (χ3n) is 2.44. The number of rotatable bonds is 2. The van der Waals surface area contributed by atoms with Gasteiger partial charge in [-0.1, -0.05) is 31.6 Å². The number of ketones is 2. The van der Waals surface area contributed by atoms with Crippen molar-refractivity contribution in [3.63, 3.8) is 0 Å². The molecule has 1 aliphatic carbocycles. The Balaban J connectivity index is 2.80. The van der Waals surface area contributed by atoms with Crippen LogP contribution in [0.5, 0.6) is 0 Å². The maximum absolute atomic E-state index is 11.2. The molecular weight excluding hydrogens is 164 g/mol. The summed E-state index contributed by atoms with van der Waals surface area (Å²) in [6.07, 6.45) is 6.20. The lowest BCUT2D eigenvalue weighted by atomic mass is 9.94. The quantitative estimate of drug-likeness (QED) is 0.606. The molecule has 0 bridgehead atoms. The van der Waals surface area contributed by atoms with E-state index in [0.29, 0.717) is 12.3 Å². The second-order valence-corrected chi connectivity index (χ2v) is 3.37. The molecule has 0 heterocycles. The Bertz CT molecular complexity index is 284. The zero-order valence-corrected chi connectivity index (χ0v) is 8.04. The minimum Gasteiger partial charge on any atom is -0.290 e. The Hall–Kier alpha value is -1.18. The van der Waals surface area contributed by atoms with E-state index in [9.17, 15) is 9.59 Å². The van der Waals surface area contributed by atoms with Crippen LogP contribution in [0.1, 0.15) is 26.7 Å². The second-order valence-electron chi connectivity index (χ2n) is 3.37. The first-order valence-corrected chi connectivity index (χ1v) is 4.59. The monoisotopic (exact) mass is 178 g/mol. The molecule has 0 N–H and O–H groups in total. The normalized spacial score (nSPS) is 19.7. The molecular formula is C11H14O2. The number of Topliss-reactive ketones (excluding diaryl/α,β-unsaturated/α-hetero) is 1. The van der Waals surface area contributed by atoms with Crippen LogP contribution >= 0.6 is 0 Å². The third kappa shape index (κ3) is 2.38. The standard InChI is InChI=1S/C11H14O2/c1-3-8(2)9-5-4-6-10(12)11(13)7-9/h4-6,8H,3,7H2,1-2H3. The van der Waals surface area contributed by atoms with Gasteiger partial charge in [0.1, 0.15) is 0 Å². The molecule has 0 radical (unpaired) electrons. The Morgan fingerprint density at radius 1 is 1.46 bits per heavy atom. The first kappa shape index (κ1) is 9.90. The lowest BCUT2D eigenvalue weighted by molar-refractivity contribution is -0.133. The van der Waals surface area contributed by atoms with E-state index in [2.05, 4.69) is 13.8 Å². The molecule has 1 aliphatic rings. The van der Waals surface area contributed by atoms with E-state index in [1.807, 2.05) is 6.08 Å². The topological polar surface area (TPSA) is 34.1 Å². The molecule has 13 heavy (non-hydrogen) atoms. The maximum Gasteiger partial charge on any atom is 0.221 e. The van der Waals surface area contributed by atoms with Crippen LogP contribution in [0.3, 0.4) is 0 Å². The fraction of sp³-hybridized carbons (Fsp3) is 0.455. The molecule has 0 fully saturated rings. The molecule has 0 aromatic heterocycles. The minimum atomic E-state index is -0.380. The lowest BCUT2D eigenvalue weighted by Gasteiger charge is -2.10. The Kier molecular flexibility index (Phi) is 3.18. The summed E-state index contributed by atoms with van der Waals surface area (Å²) in [7, 11) is 0. The largest absolute Gasteiger partial charge is 0.290 e. The van der Waals surface area contributed by atoms with Gasteiger partial charge in [0.05, 0.1) is 0 Å². The van der Waals surface area contributed by atoms with Crippen LogP contribution in [-0.2, 0) is 9.59 Å². The van der Waals surface area contributed by atoms with Crippen molar-refractivity contribution in [2.45, 2.75) is 26.7 Å². The van der Waals surface area contributed by atoms with Crippen molar-refractivity contribution < 1.29 is 9.59 Å². The third-order valence-corrected chi connectivity index (χ3v) is 2.44. The summed E-state index contributed by atoms with van der Waals surface area (Å²) in [6.45, 7) is 4.15. The van der Waals surface area contributed by atoms with Gasteiger partial charge in [0.2, 0.25) is 11.6 Å². The molecule has 0 saturated heterocycles. The zero-order chi connectivity index (χ0) is 9.84. The van der Waals surface area contributed by atoms with E-state index in [0.717, 1.165) is 12.0 Å². The molecule has 1 unspecified atom stereocenters. The summed E-state index contributed by atoms with van der Waals surface area (Å²) in [5.74, 6) is -0.283. The average molecular weight is 178 g/mol. The van der Waals surface area contributed by atoms with Gasteiger partial charge in [-0.05, 0) is 18.4 Å². The van der Waals surface area contributed by atoms with Crippen LogP contribution in [0.25, 0.3) is 0 Å². The Morgan fingerprint density at radius 3 is 2.77 bits per heavy atom. The van der Waals surface area contributed by atoms with Gasteiger partial charge >= 0.3 is 0 Å². The zero-order valence-electron chi connectivity index (χ0n) is 8.04. The predicted molar refractivity (Wildman–Crippen MR) is 51.3 cm³/mol. The number of allylic oxidation sites excluding steroid dienone is 4. The molecule has 0 aromatic carbocycles. The van der Waals surface area contributed by atoms with Gasteiger partial charge in [-0.3, -0.25) is 9.59 Å². The average Bonchev–Trinajstić information content (AvgIpc) is 2.28. The second kappa shape index (κ2) is 4.17. The van der Waals surface area contributed by atoms with Crippen molar-refractivity contribution in [1.29, 1.82) is 0 Å². The molecule has 0 saturated carbocycles. The number of carbonyl (C=O) groups excluding carboxylic acids is 2. The van der Waals surface area contributed by atoms with Crippen molar-refractivity contribution in [2.75, 3.05) is 0 Å². The summed E-state index contributed by atoms with van der Waals surface area (Å²) < 4.78 is 0. The lowest BCUT2D eigenvalue weighted by Crippen LogP contribution is -2.12. The molecule has 2 heteroatoms. The van der Waals surface area contributed by atoms with Crippen molar-refractivity contribution in [3.05, 3.63) is 23.8 Å². The fourth-order valence-electron chi connectivity index (χ4n) is 1.28. The molecule has 1 rings (SSSR count). The van der Waals surface area contributed by atoms with E-state index < -0.39 is 0 Å². The molecule has 70 valence electrons. The van der Waals surface area contributed by atoms with Crippen LogP contribution in [0.15, 0.2) is 23.8 Å². The maximum atomic E-state index is 11.2. The van der Waals surface area contributed by atoms with Crippen molar-refractivity contribution in [1.82, 2.24) is 0 Å². The van der Waals surface area contributed by atoms with Gasteiger partial charge in [-0.15, -0.1) is 0 Å². The highest BCUT2D eigenvalue weighted by atomic mass is 16.2. The Morgan fingerprint density at radius 2 is 2.15 bits per heavy atom. The van der Waals surface area contributed by atoms with E-state index in [1.165, 1.54) is 6.08 Å². The summed E-state index contributed by atoms with van der Waals surface area (Å²) in [5.41, 5.74) is 1.06. The SMILES string of the molecule is CCC(C)C1=CC=CC(=O)C(=O)C1. The van der Waals surface area contributed by atoms with Gasteiger partial charge in [-0.2, -0.15) is 0 Å². The van der Waals surface area contributed by atoms with Gasteiger partial charge < -0.3 is 0 Å². The first-order chi connectivity index (χ1) is 6.15. The van der Waals surface area contributed by atoms with Crippen LogP contribution in [0.2, 0.25) is 0 Å². The van der Waals surface area contributed by atoms with Gasteiger partial charge in [0, 0.05) is 6.42 Å². The smallest absolute Gasteiger partial charge is 0.221 e. The van der Waals surface area contributed by atoms with Gasteiger partial charge in [0.25, 0.3) is 0 Å². The number of hydrogen-bond donors (Lipinski definition) is 0. The van der Waals surface area contributed by atoms with E-state index in [4.69, 9.17) is 0 Å². The van der Waals surface area contributed by atoms with Crippen molar-refractivity contribution in [2.24, 2.45) is 5.92 Å². The molecule has 0 aromatic rings. The van der Waals surface area contributed by atoms with Crippen LogP contribution in [-0.4, -0.2) is 11.6 Å². The van der Waals surface area contributed by atoms with E-state index >= 15 is 0 Å². The van der Waals surface area contributed by atoms with Crippen LogP contribution < -0.4 is 0 Å². The van der Waals surface area contributed by atoms with Crippen molar-refractivity contribution >= 4 is 11.6 Å².